The summed E-state index contributed by atoms with van der Waals surface area (Å²) in [4.78, 5) is 14.4. The number of carbonyl (C=O) groups is 1. The first kappa shape index (κ1) is 17.3. The lowest BCUT2D eigenvalue weighted by Gasteiger charge is -2.23. The molecule has 0 fully saturated rings. The molecule has 0 spiro atoms. The number of nitrogens with zero attached hydrogens (tertiary/aromatic N) is 1. The lowest BCUT2D eigenvalue weighted by molar-refractivity contribution is 0.102. The Morgan fingerprint density at radius 3 is 1.72 bits per heavy atom. The van der Waals surface area contributed by atoms with Crippen molar-refractivity contribution in [1.82, 2.24) is 0 Å². The van der Waals surface area contributed by atoms with Crippen LogP contribution in [0.2, 0.25) is 0 Å². The van der Waals surface area contributed by atoms with E-state index in [0.717, 1.165) is 16.1 Å². The third kappa shape index (κ3) is 4.51. The monoisotopic (exact) mass is 357 g/mol. The number of benzene rings is 2. The normalized spacial score (nSPS) is 10.7. The van der Waals surface area contributed by atoms with Crippen LogP contribution in [-0.2, 0) is 13.1 Å². The molecule has 25 heavy (non-hydrogen) atoms. The van der Waals surface area contributed by atoms with Crippen molar-refractivity contribution in [2.24, 2.45) is 0 Å². The lowest BCUT2D eigenvalue weighted by atomic mass is 10.1. The second kappa shape index (κ2) is 7.57. The van der Waals surface area contributed by atoms with Crippen LogP contribution in [0.15, 0.2) is 60.7 Å². The van der Waals surface area contributed by atoms with E-state index in [1.54, 1.807) is 31.2 Å². The van der Waals surface area contributed by atoms with Crippen LogP contribution in [0.3, 0.4) is 0 Å². The number of hydrogen-bond donors (Lipinski definition) is 0. The summed E-state index contributed by atoms with van der Waals surface area (Å²) in [5.41, 5.74) is 1.92. The number of hydrogen-bond acceptors (Lipinski definition) is 3. The van der Waals surface area contributed by atoms with E-state index in [4.69, 9.17) is 0 Å². The first-order valence-corrected chi connectivity index (χ1v) is 8.67. The van der Waals surface area contributed by atoms with Crippen molar-refractivity contribution in [3.05, 3.63) is 88.3 Å². The van der Waals surface area contributed by atoms with Gasteiger partial charge in [-0.15, -0.1) is 11.3 Å². The maximum atomic E-state index is 13.1. The molecule has 2 aromatic carbocycles. The number of Topliss-reactive ketones (excluding diaryl/α,β-unsaturated/α-hetero) is 1. The summed E-state index contributed by atoms with van der Waals surface area (Å²) in [6.45, 7) is 2.67. The van der Waals surface area contributed by atoms with Crippen molar-refractivity contribution < 1.29 is 13.6 Å². The molecular weight excluding hydrogens is 340 g/mol. The average molecular weight is 357 g/mol. The molecule has 2 nitrogen and oxygen atoms in total. The Hall–Kier alpha value is -2.53. The summed E-state index contributed by atoms with van der Waals surface area (Å²) in [5, 5.41) is 0.943. The Morgan fingerprint density at radius 2 is 1.32 bits per heavy atom. The van der Waals surface area contributed by atoms with Crippen molar-refractivity contribution >= 4 is 22.1 Å². The first-order chi connectivity index (χ1) is 12.0. The van der Waals surface area contributed by atoms with E-state index in [2.05, 4.69) is 4.90 Å². The summed E-state index contributed by atoms with van der Waals surface area (Å²) in [6, 6.07) is 16.4. The van der Waals surface area contributed by atoms with Gasteiger partial charge in [-0.1, -0.05) is 24.3 Å². The number of thiophene rings is 1. The van der Waals surface area contributed by atoms with Crippen LogP contribution >= 0.6 is 11.3 Å². The first-order valence-electron chi connectivity index (χ1n) is 7.86. The quantitative estimate of drug-likeness (QED) is 0.548. The van der Waals surface area contributed by atoms with Gasteiger partial charge >= 0.3 is 0 Å². The summed E-state index contributed by atoms with van der Waals surface area (Å²) in [6.07, 6.45) is 0. The minimum absolute atomic E-state index is 0.0276. The highest BCUT2D eigenvalue weighted by Crippen LogP contribution is 2.29. The molecule has 5 heteroatoms. The molecule has 128 valence electrons. The van der Waals surface area contributed by atoms with E-state index in [9.17, 15) is 13.6 Å². The van der Waals surface area contributed by atoms with E-state index in [0.29, 0.717) is 18.0 Å². The fourth-order valence-electron chi connectivity index (χ4n) is 2.52. The van der Waals surface area contributed by atoms with Crippen LogP contribution in [0.5, 0.6) is 0 Å². The second-order valence-electron chi connectivity index (χ2n) is 5.80. The van der Waals surface area contributed by atoms with Gasteiger partial charge < -0.3 is 4.90 Å². The van der Waals surface area contributed by atoms with Crippen molar-refractivity contribution in [2.75, 3.05) is 4.90 Å². The number of anilines is 1. The largest absolute Gasteiger partial charge is 0.355 e. The average Bonchev–Trinajstić information content (AvgIpc) is 3.08. The fraction of sp³-hybridized carbons (Fsp3) is 0.150. The molecule has 0 N–H and O–H groups in total. The summed E-state index contributed by atoms with van der Waals surface area (Å²) >= 11 is 1.42. The molecule has 0 aliphatic heterocycles. The third-order valence-corrected chi connectivity index (χ3v) is 5.07. The molecule has 0 bridgehead atoms. The minimum atomic E-state index is -0.274. The lowest BCUT2D eigenvalue weighted by Crippen LogP contribution is -2.21. The maximum absolute atomic E-state index is 13.1. The molecular formula is C20H17F2NOS. The SMILES string of the molecule is CC(=O)c1ccc(N(Cc2ccc(F)cc2)Cc2ccc(F)cc2)s1. The van der Waals surface area contributed by atoms with Crippen LogP contribution in [0, 0.1) is 11.6 Å². The van der Waals surface area contributed by atoms with Gasteiger partial charge in [0.15, 0.2) is 5.78 Å². The zero-order valence-corrected chi connectivity index (χ0v) is 14.5. The Bertz CT molecular complexity index is 809. The van der Waals surface area contributed by atoms with Crippen LogP contribution in [0.4, 0.5) is 13.8 Å². The Labute approximate surface area is 149 Å². The zero-order valence-electron chi connectivity index (χ0n) is 13.7. The summed E-state index contributed by atoms with van der Waals surface area (Å²) < 4.78 is 26.3. The van der Waals surface area contributed by atoms with Crippen LogP contribution in [0.1, 0.15) is 27.7 Å². The number of ketones is 1. The van der Waals surface area contributed by atoms with Gasteiger partial charge in [0.1, 0.15) is 11.6 Å². The van der Waals surface area contributed by atoms with Gasteiger partial charge in [-0.3, -0.25) is 4.79 Å². The van der Waals surface area contributed by atoms with Crippen LogP contribution < -0.4 is 4.90 Å². The van der Waals surface area contributed by atoms with Gasteiger partial charge in [0.05, 0.1) is 9.88 Å². The molecule has 0 saturated carbocycles. The highest BCUT2D eigenvalue weighted by Gasteiger charge is 2.13. The summed E-state index contributed by atoms with van der Waals surface area (Å²) in [5.74, 6) is -0.521. The third-order valence-electron chi connectivity index (χ3n) is 3.82. The predicted molar refractivity (Wildman–Crippen MR) is 97.0 cm³/mol. The fourth-order valence-corrected chi connectivity index (χ4v) is 3.42. The van der Waals surface area contributed by atoms with E-state index in [1.807, 2.05) is 12.1 Å². The molecule has 0 saturated heterocycles. The van der Waals surface area contributed by atoms with Crippen molar-refractivity contribution in [3.8, 4) is 0 Å². The Balaban J connectivity index is 1.87. The number of halogens is 2. The highest BCUT2D eigenvalue weighted by atomic mass is 32.1. The topological polar surface area (TPSA) is 20.3 Å². The van der Waals surface area contributed by atoms with Gasteiger partial charge in [-0.25, -0.2) is 8.78 Å². The van der Waals surface area contributed by atoms with E-state index < -0.39 is 0 Å². The molecule has 0 aliphatic rings. The van der Waals surface area contributed by atoms with Gasteiger partial charge in [0.25, 0.3) is 0 Å². The van der Waals surface area contributed by atoms with Gasteiger partial charge in [-0.05, 0) is 54.4 Å². The van der Waals surface area contributed by atoms with Crippen LogP contribution in [-0.4, -0.2) is 5.78 Å². The van der Waals surface area contributed by atoms with E-state index in [-0.39, 0.29) is 17.4 Å². The number of carbonyl (C=O) groups excluding carboxylic acids is 1. The molecule has 0 aliphatic carbocycles. The van der Waals surface area contributed by atoms with E-state index >= 15 is 0 Å². The number of rotatable bonds is 6. The Morgan fingerprint density at radius 1 is 0.840 bits per heavy atom. The second-order valence-corrected chi connectivity index (χ2v) is 6.87. The van der Waals surface area contributed by atoms with Crippen LogP contribution in [0.25, 0.3) is 0 Å². The summed E-state index contributed by atoms with van der Waals surface area (Å²) in [7, 11) is 0. The predicted octanol–water partition coefficient (Wildman–Crippen LogP) is 5.44. The Kier molecular flexibility index (Phi) is 5.24. The molecule has 3 aromatic rings. The van der Waals surface area contributed by atoms with Gasteiger partial charge in [0, 0.05) is 13.1 Å². The molecule has 1 heterocycles. The minimum Gasteiger partial charge on any atom is -0.355 e. The van der Waals surface area contributed by atoms with Gasteiger partial charge in [0.2, 0.25) is 0 Å². The zero-order chi connectivity index (χ0) is 17.8. The molecule has 0 radical (unpaired) electrons. The molecule has 0 unspecified atom stereocenters. The molecule has 1 aromatic heterocycles. The van der Waals surface area contributed by atoms with Gasteiger partial charge in [-0.2, -0.15) is 0 Å². The molecule has 0 atom stereocenters. The maximum Gasteiger partial charge on any atom is 0.169 e. The van der Waals surface area contributed by atoms with E-state index in [1.165, 1.54) is 35.6 Å². The van der Waals surface area contributed by atoms with Crippen molar-refractivity contribution in [1.29, 1.82) is 0 Å². The van der Waals surface area contributed by atoms with Crippen molar-refractivity contribution in [2.45, 2.75) is 20.0 Å². The highest BCUT2D eigenvalue weighted by molar-refractivity contribution is 7.18. The van der Waals surface area contributed by atoms with Crippen molar-refractivity contribution in [3.63, 3.8) is 0 Å². The standard InChI is InChI=1S/C20H17F2NOS/c1-14(24)19-10-11-20(25-19)23(12-15-2-6-17(21)7-3-15)13-16-4-8-18(22)9-5-16/h2-11H,12-13H2,1H3. The molecule has 0 amide bonds. The molecule has 3 rings (SSSR count). The smallest absolute Gasteiger partial charge is 0.169 e.